The third kappa shape index (κ3) is 3.72. The van der Waals surface area contributed by atoms with E-state index >= 15 is 0 Å². The van der Waals surface area contributed by atoms with Crippen molar-refractivity contribution in [1.82, 2.24) is 10.5 Å². The smallest absolute Gasteiger partial charge is 0.224 e. The average molecular weight is 286 g/mol. The van der Waals surface area contributed by atoms with E-state index in [1.54, 1.807) is 0 Å². The van der Waals surface area contributed by atoms with Crippen molar-refractivity contribution in [3.63, 3.8) is 0 Å². The molecule has 1 heterocycles. The molecule has 1 aromatic carbocycles. The van der Waals surface area contributed by atoms with Gasteiger partial charge in [0, 0.05) is 17.5 Å². The molecule has 2 rings (SSSR count). The maximum absolute atomic E-state index is 12.1. The van der Waals surface area contributed by atoms with Crippen LogP contribution in [-0.2, 0) is 16.6 Å². The van der Waals surface area contributed by atoms with Gasteiger partial charge in [0.2, 0.25) is 5.91 Å². The highest BCUT2D eigenvalue weighted by atomic mass is 16.5. The van der Waals surface area contributed by atoms with E-state index in [1.165, 1.54) is 5.56 Å². The minimum Gasteiger partial charge on any atom is -0.361 e. The maximum Gasteiger partial charge on any atom is 0.224 e. The van der Waals surface area contributed by atoms with Crippen LogP contribution in [0.15, 0.2) is 34.9 Å². The lowest BCUT2D eigenvalue weighted by molar-refractivity contribution is -0.120. The first-order valence-electron chi connectivity index (χ1n) is 7.14. The fourth-order valence-electron chi connectivity index (χ4n) is 2.29. The molecule has 21 heavy (non-hydrogen) atoms. The van der Waals surface area contributed by atoms with Gasteiger partial charge in [-0.2, -0.15) is 0 Å². The van der Waals surface area contributed by atoms with Crippen molar-refractivity contribution in [3.05, 3.63) is 52.9 Å². The van der Waals surface area contributed by atoms with Crippen LogP contribution in [0.1, 0.15) is 36.4 Å². The Morgan fingerprint density at radius 3 is 2.48 bits per heavy atom. The molecule has 4 heteroatoms. The number of carbonyl (C=O) groups excluding carboxylic acids is 1. The van der Waals surface area contributed by atoms with Crippen molar-refractivity contribution in [2.45, 2.75) is 39.5 Å². The normalized spacial score (nSPS) is 11.4. The van der Waals surface area contributed by atoms with Crippen molar-refractivity contribution in [3.8, 4) is 0 Å². The molecule has 0 bridgehead atoms. The maximum atomic E-state index is 12.1. The topological polar surface area (TPSA) is 55.1 Å². The molecule has 0 aliphatic carbocycles. The Morgan fingerprint density at radius 2 is 1.90 bits per heavy atom. The summed E-state index contributed by atoms with van der Waals surface area (Å²) in [4.78, 5) is 12.1. The molecule has 112 valence electrons. The Bertz CT molecular complexity index is 595. The highest BCUT2D eigenvalue weighted by Gasteiger charge is 2.21. The van der Waals surface area contributed by atoms with E-state index in [1.807, 2.05) is 32.0 Å². The molecule has 0 aliphatic rings. The highest BCUT2D eigenvalue weighted by molar-refractivity contribution is 5.79. The molecule has 0 atom stereocenters. The first kappa shape index (κ1) is 15.3. The summed E-state index contributed by atoms with van der Waals surface area (Å²) in [6.45, 7) is 8.53. The van der Waals surface area contributed by atoms with Gasteiger partial charge in [-0.1, -0.05) is 49.3 Å². The van der Waals surface area contributed by atoms with E-state index in [9.17, 15) is 4.79 Å². The first-order valence-corrected chi connectivity index (χ1v) is 7.14. The van der Waals surface area contributed by atoms with Crippen LogP contribution >= 0.6 is 0 Å². The van der Waals surface area contributed by atoms with Gasteiger partial charge in [0.25, 0.3) is 0 Å². The number of nitrogens with zero attached hydrogens (tertiary/aromatic N) is 1. The van der Waals surface area contributed by atoms with Crippen LogP contribution in [0.5, 0.6) is 0 Å². The second kappa shape index (κ2) is 6.12. The van der Waals surface area contributed by atoms with Gasteiger partial charge < -0.3 is 9.84 Å². The third-order valence-corrected chi connectivity index (χ3v) is 3.80. The van der Waals surface area contributed by atoms with Crippen LogP contribution in [0, 0.1) is 13.8 Å². The summed E-state index contributed by atoms with van der Waals surface area (Å²) in [5.74, 6) is 0.707. The van der Waals surface area contributed by atoms with Crippen LogP contribution in [0.3, 0.4) is 0 Å². The minimum absolute atomic E-state index is 0.00611. The van der Waals surface area contributed by atoms with Crippen LogP contribution in [-0.4, -0.2) is 17.6 Å². The molecule has 1 aromatic heterocycles. The number of hydrogen-bond donors (Lipinski definition) is 1. The molecule has 2 aromatic rings. The Morgan fingerprint density at radius 1 is 1.24 bits per heavy atom. The summed E-state index contributed by atoms with van der Waals surface area (Å²) >= 11 is 0. The number of rotatable bonds is 5. The molecule has 0 saturated carbocycles. The van der Waals surface area contributed by atoms with E-state index < -0.39 is 0 Å². The van der Waals surface area contributed by atoms with Crippen molar-refractivity contribution in [1.29, 1.82) is 0 Å². The van der Waals surface area contributed by atoms with Crippen molar-refractivity contribution >= 4 is 5.91 Å². The molecule has 0 fully saturated rings. The number of hydrogen-bond acceptors (Lipinski definition) is 3. The molecule has 0 spiro atoms. The van der Waals surface area contributed by atoms with Gasteiger partial charge in [-0.25, -0.2) is 0 Å². The minimum atomic E-state index is -0.102. The molecule has 0 unspecified atom stereocenters. The van der Waals surface area contributed by atoms with E-state index in [0.29, 0.717) is 18.7 Å². The van der Waals surface area contributed by atoms with E-state index in [-0.39, 0.29) is 11.3 Å². The van der Waals surface area contributed by atoms with Crippen LogP contribution in [0.4, 0.5) is 0 Å². The lowest BCUT2D eigenvalue weighted by Gasteiger charge is -2.25. The predicted molar refractivity (Wildman–Crippen MR) is 82.2 cm³/mol. The van der Waals surface area contributed by atoms with E-state index in [4.69, 9.17) is 4.52 Å². The van der Waals surface area contributed by atoms with E-state index in [0.717, 1.165) is 11.3 Å². The zero-order valence-electron chi connectivity index (χ0n) is 13.1. The molecule has 0 saturated heterocycles. The van der Waals surface area contributed by atoms with Crippen LogP contribution < -0.4 is 5.32 Å². The van der Waals surface area contributed by atoms with Gasteiger partial charge in [0.1, 0.15) is 5.76 Å². The van der Waals surface area contributed by atoms with Gasteiger partial charge in [0.15, 0.2) is 0 Å². The lowest BCUT2D eigenvalue weighted by atomic mass is 9.84. The largest absolute Gasteiger partial charge is 0.361 e. The van der Waals surface area contributed by atoms with Gasteiger partial charge in [-0.3, -0.25) is 4.79 Å². The van der Waals surface area contributed by atoms with Crippen LogP contribution in [0.25, 0.3) is 0 Å². The van der Waals surface area contributed by atoms with Gasteiger partial charge >= 0.3 is 0 Å². The molecular weight excluding hydrogens is 264 g/mol. The second-order valence-corrected chi connectivity index (χ2v) is 6.01. The molecule has 0 radical (unpaired) electrons. The summed E-state index contributed by atoms with van der Waals surface area (Å²) < 4.78 is 5.08. The molecule has 1 N–H and O–H groups in total. The van der Waals surface area contributed by atoms with Gasteiger partial charge in [0.05, 0.1) is 12.1 Å². The number of nitrogens with one attached hydrogen (secondary N) is 1. The summed E-state index contributed by atoms with van der Waals surface area (Å²) in [7, 11) is 0. The van der Waals surface area contributed by atoms with Crippen molar-refractivity contribution < 1.29 is 9.32 Å². The number of carbonyl (C=O) groups is 1. The quantitative estimate of drug-likeness (QED) is 0.919. The fourth-order valence-corrected chi connectivity index (χ4v) is 2.29. The first-order chi connectivity index (χ1) is 9.90. The zero-order valence-corrected chi connectivity index (χ0v) is 13.1. The zero-order chi connectivity index (χ0) is 15.5. The number of benzene rings is 1. The Balaban J connectivity index is 1.95. The highest BCUT2D eigenvalue weighted by Crippen LogP contribution is 2.21. The fraction of sp³-hybridized carbons (Fsp3) is 0.412. The monoisotopic (exact) mass is 286 g/mol. The summed E-state index contributed by atoms with van der Waals surface area (Å²) in [5, 5.41) is 6.88. The van der Waals surface area contributed by atoms with Gasteiger partial charge in [-0.05, 0) is 19.4 Å². The number of amides is 1. The molecule has 0 aliphatic heterocycles. The Labute approximate surface area is 125 Å². The second-order valence-electron chi connectivity index (χ2n) is 6.01. The standard InChI is InChI=1S/C17H22N2O2/c1-12-15(13(2)21-19-12)10-16(20)18-11-17(3,4)14-8-6-5-7-9-14/h5-9H,10-11H2,1-4H3,(H,18,20). The van der Waals surface area contributed by atoms with E-state index in [2.05, 4.69) is 36.5 Å². The van der Waals surface area contributed by atoms with Crippen LogP contribution in [0.2, 0.25) is 0 Å². The SMILES string of the molecule is Cc1noc(C)c1CC(=O)NCC(C)(C)c1ccccc1. The van der Waals surface area contributed by atoms with Gasteiger partial charge in [-0.15, -0.1) is 0 Å². The number of aromatic nitrogens is 1. The molecular formula is C17H22N2O2. The summed E-state index contributed by atoms with van der Waals surface area (Å²) in [6.07, 6.45) is 0.312. The summed E-state index contributed by atoms with van der Waals surface area (Å²) in [6, 6.07) is 10.2. The predicted octanol–water partition coefficient (Wildman–Crippen LogP) is 2.93. The Hall–Kier alpha value is -2.10. The molecule has 4 nitrogen and oxygen atoms in total. The lowest BCUT2D eigenvalue weighted by Crippen LogP contribution is -2.37. The van der Waals surface area contributed by atoms with Crippen molar-refractivity contribution in [2.24, 2.45) is 0 Å². The Kier molecular flexibility index (Phi) is 4.46. The summed E-state index contributed by atoms with van der Waals surface area (Å²) in [5.41, 5.74) is 2.77. The number of aryl methyl sites for hydroxylation is 2. The van der Waals surface area contributed by atoms with Crippen molar-refractivity contribution in [2.75, 3.05) is 6.54 Å². The average Bonchev–Trinajstić information content (AvgIpc) is 2.78. The molecule has 1 amide bonds. The third-order valence-electron chi connectivity index (χ3n) is 3.80.